The number of hydrogen-bond acceptors (Lipinski definition) is 3. The highest BCUT2D eigenvalue weighted by molar-refractivity contribution is 6.01. The second-order valence-electron chi connectivity index (χ2n) is 5.87. The number of halogens is 1. The molecule has 1 aliphatic heterocycles. The first-order valence-electron chi connectivity index (χ1n) is 8.06. The Morgan fingerprint density at radius 3 is 2.64 bits per heavy atom. The Labute approximate surface area is 145 Å². The molecule has 2 amide bonds. The molecule has 0 unspecified atom stereocenters. The number of methoxy groups -OCH3 is 1. The predicted octanol–water partition coefficient (Wildman–Crippen LogP) is 2.30. The number of amides is 2. The van der Waals surface area contributed by atoms with Crippen molar-refractivity contribution in [3.8, 4) is 5.75 Å². The smallest absolute Gasteiger partial charge is 0.249 e. The Morgan fingerprint density at radius 1 is 1.24 bits per heavy atom. The van der Waals surface area contributed by atoms with Crippen LogP contribution in [0, 0.1) is 5.82 Å². The van der Waals surface area contributed by atoms with E-state index in [1.54, 1.807) is 49.6 Å². The molecule has 1 fully saturated rings. The van der Waals surface area contributed by atoms with Crippen molar-refractivity contribution in [2.75, 3.05) is 18.6 Å². The molecule has 0 bridgehead atoms. The number of anilines is 1. The van der Waals surface area contributed by atoms with Crippen molar-refractivity contribution >= 4 is 17.5 Å². The Morgan fingerprint density at radius 2 is 1.96 bits per heavy atom. The number of nitrogens with zero attached hydrogens (tertiary/aromatic N) is 1. The molecule has 6 heteroatoms. The van der Waals surface area contributed by atoms with Gasteiger partial charge in [0.15, 0.2) is 0 Å². The van der Waals surface area contributed by atoms with E-state index in [0.717, 1.165) is 11.3 Å². The number of carbonyl (C=O) groups excluding carboxylic acids is 2. The van der Waals surface area contributed by atoms with E-state index in [9.17, 15) is 14.0 Å². The van der Waals surface area contributed by atoms with Gasteiger partial charge in [0.05, 0.1) is 19.2 Å². The molecule has 0 saturated carbocycles. The first-order valence-corrected chi connectivity index (χ1v) is 8.06. The molecule has 2 aromatic carbocycles. The van der Waals surface area contributed by atoms with Crippen LogP contribution in [0.3, 0.4) is 0 Å². The van der Waals surface area contributed by atoms with E-state index >= 15 is 0 Å². The summed E-state index contributed by atoms with van der Waals surface area (Å²) in [6.45, 7) is 0.382. The van der Waals surface area contributed by atoms with Crippen LogP contribution in [0.2, 0.25) is 0 Å². The van der Waals surface area contributed by atoms with Crippen molar-refractivity contribution in [3.05, 3.63) is 59.9 Å². The Balaban J connectivity index is 1.60. The highest BCUT2D eigenvalue weighted by Gasteiger charge is 2.34. The van der Waals surface area contributed by atoms with Crippen molar-refractivity contribution in [2.45, 2.75) is 18.9 Å². The average Bonchev–Trinajstić information content (AvgIpc) is 2.96. The van der Waals surface area contributed by atoms with Crippen molar-refractivity contribution in [1.82, 2.24) is 5.32 Å². The first kappa shape index (κ1) is 17.0. The summed E-state index contributed by atoms with van der Waals surface area (Å²) in [7, 11) is 1.58. The van der Waals surface area contributed by atoms with Crippen LogP contribution in [-0.4, -0.2) is 31.5 Å². The summed E-state index contributed by atoms with van der Waals surface area (Å²) in [6.07, 6.45) is 0.634. The second-order valence-corrected chi connectivity index (χ2v) is 5.87. The zero-order valence-electron chi connectivity index (χ0n) is 13.9. The van der Waals surface area contributed by atoms with Gasteiger partial charge in [0.1, 0.15) is 17.6 Å². The van der Waals surface area contributed by atoms with E-state index in [1.807, 2.05) is 0 Å². The molecule has 130 valence electrons. The van der Waals surface area contributed by atoms with Crippen molar-refractivity contribution in [1.29, 1.82) is 0 Å². The number of nitrogens with one attached hydrogen (secondary N) is 1. The normalized spacial score (nSPS) is 16.8. The molecule has 0 spiro atoms. The monoisotopic (exact) mass is 342 g/mol. The summed E-state index contributed by atoms with van der Waals surface area (Å²) in [6, 6.07) is 12.7. The molecular formula is C19H19FN2O3. The summed E-state index contributed by atoms with van der Waals surface area (Å²) < 4.78 is 18.9. The fourth-order valence-electron chi connectivity index (χ4n) is 2.90. The third-order valence-electron chi connectivity index (χ3n) is 4.21. The Kier molecular flexibility index (Phi) is 4.97. The maximum atomic E-state index is 13.9. The zero-order chi connectivity index (χ0) is 17.8. The lowest BCUT2D eigenvalue weighted by atomic mass is 10.1. The average molecular weight is 342 g/mol. The molecule has 0 aromatic heterocycles. The van der Waals surface area contributed by atoms with Gasteiger partial charge >= 0.3 is 0 Å². The quantitative estimate of drug-likeness (QED) is 0.907. The third-order valence-corrected chi connectivity index (χ3v) is 4.21. The zero-order valence-corrected chi connectivity index (χ0v) is 13.9. The summed E-state index contributed by atoms with van der Waals surface area (Å²) in [4.78, 5) is 26.0. The van der Waals surface area contributed by atoms with Gasteiger partial charge in [-0.05, 0) is 36.2 Å². The molecule has 0 radical (unpaired) electrons. The van der Waals surface area contributed by atoms with Crippen LogP contribution >= 0.6 is 0 Å². The predicted molar refractivity (Wildman–Crippen MR) is 92.0 cm³/mol. The standard InChI is InChI=1S/C19H19FN2O3/c1-25-14-8-6-13(7-9-14)12-18(23)21-16-10-11-22(19(16)24)17-5-3-2-4-15(17)20/h2-9,16H,10-12H2,1H3,(H,21,23)/t16-/m1/s1. The fraction of sp³-hybridized carbons (Fsp3) is 0.263. The van der Waals surface area contributed by atoms with E-state index < -0.39 is 11.9 Å². The summed E-state index contributed by atoms with van der Waals surface area (Å²) in [5.74, 6) is -0.246. The second kappa shape index (κ2) is 7.34. The van der Waals surface area contributed by atoms with Gasteiger partial charge in [-0.15, -0.1) is 0 Å². The van der Waals surface area contributed by atoms with E-state index in [2.05, 4.69) is 5.32 Å². The highest BCUT2D eigenvalue weighted by Crippen LogP contribution is 2.24. The van der Waals surface area contributed by atoms with Crippen LogP contribution in [-0.2, 0) is 16.0 Å². The SMILES string of the molecule is COc1ccc(CC(=O)N[C@@H]2CCN(c3ccccc3F)C2=O)cc1. The summed E-state index contributed by atoms with van der Waals surface area (Å²) >= 11 is 0. The highest BCUT2D eigenvalue weighted by atomic mass is 19.1. The van der Waals surface area contributed by atoms with Crippen LogP contribution in [0.1, 0.15) is 12.0 Å². The van der Waals surface area contributed by atoms with Crippen LogP contribution in [0.5, 0.6) is 5.75 Å². The molecule has 25 heavy (non-hydrogen) atoms. The topological polar surface area (TPSA) is 58.6 Å². The molecule has 3 rings (SSSR count). The van der Waals surface area contributed by atoms with Gasteiger partial charge < -0.3 is 15.0 Å². The van der Waals surface area contributed by atoms with Gasteiger partial charge in [-0.3, -0.25) is 9.59 Å². The molecule has 2 aromatic rings. The van der Waals surface area contributed by atoms with Crippen LogP contribution in [0.15, 0.2) is 48.5 Å². The molecule has 1 aliphatic rings. The molecule has 1 atom stereocenters. The van der Waals surface area contributed by atoms with Crippen molar-refractivity contribution < 1.29 is 18.7 Å². The molecule has 1 N–H and O–H groups in total. The largest absolute Gasteiger partial charge is 0.497 e. The summed E-state index contributed by atoms with van der Waals surface area (Å²) in [5, 5.41) is 2.74. The van der Waals surface area contributed by atoms with Crippen molar-refractivity contribution in [2.24, 2.45) is 0 Å². The van der Waals surface area contributed by atoms with Gasteiger partial charge in [-0.1, -0.05) is 24.3 Å². The minimum absolute atomic E-state index is 0.174. The van der Waals surface area contributed by atoms with Gasteiger partial charge in [0.2, 0.25) is 11.8 Å². The maximum Gasteiger partial charge on any atom is 0.249 e. The third kappa shape index (κ3) is 3.79. The lowest BCUT2D eigenvalue weighted by Gasteiger charge is -2.17. The first-order chi connectivity index (χ1) is 12.1. The molecular weight excluding hydrogens is 323 g/mol. The van der Waals surface area contributed by atoms with Gasteiger partial charge in [-0.2, -0.15) is 0 Å². The van der Waals surface area contributed by atoms with Crippen LogP contribution < -0.4 is 15.0 Å². The number of hydrogen-bond donors (Lipinski definition) is 1. The minimum atomic E-state index is -0.620. The molecule has 1 saturated heterocycles. The number of benzene rings is 2. The van der Waals surface area contributed by atoms with Gasteiger partial charge in [0, 0.05) is 6.54 Å². The molecule has 5 nitrogen and oxygen atoms in total. The lowest BCUT2D eigenvalue weighted by Crippen LogP contribution is -2.42. The van der Waals surface area contributed by atoms with E-state index in [0.29, 0.717) is 13.0 Å². The number of para-hydroxylation sites is 1. The molecule has 0 aliphatic carbocycles. The minimum Gasteiger partial charge on any atom is -0.497 e. The Hall–Kier alpha value is -2.89. The van der Waals surface area contributed by atoms with Crippen molar-refractivity contribution in [3.63, 3.8) is 0 Å². The number of carbonyl (C=O) groups is 2. The van der Waals surface area contributed by atoms with Crippen LogP contribution in [0.25, 0.3) is 0 Å². The fourth-order valence-corrected chi connectivity index (χ4v) is 2.90. The number of rotatable bonds is 5. The van der Waals surface area contributed by atoms with Gasteiger partial charge in [-0.25, -0.2) is 4.39 Å². The van der Waals surface area contributed by atoms with E-state index in [-0.39, 0.29) is 23.9 Å². The number of ether oxygens (including phenoxy) is 1. The lowest BCUT2D eigenvalue weighted by molar-refractivity contribution is -0.126. The Bertz CT molecular complexity index is 776. The summed E-state index contributed by atoms with van der Waals surface area (Å²) in [5.41, 5.74) is 1.08. The van der Waals surface area contributed by atoms with Gasteiger partial charge in [0.25, 0.3) is 0 Å². The molecule has 1 heterocycles. The maximum absolute atomic E-state index is 13.9. The van der Waals surface area contributed by atoms with Crippen LogP contribution in [0.4, 0.5) is 10.1 Å². The van der Waals surface area contributed by atoms with E-state index in [4.69, 9.17) is 4.74 Å². The van der Waals surface area contributed by atoms with E-state index in [1.165, 1.54) is 11.0 Å².